The van der Waals surface area contributed by atoms with Gasteiger partial charge >= 0.3 is 0 Å². The van der Waals surface area contributed by atoms with E-state index in [2.05, 4.69) is 10.6 Å². The maximum absolute atomic E-state index is 12.9. The SMILES string of the molecule is CC(=O)NC(C)(C)C(=O)NC[C@H]1[C@H]2CN(C(=O)CC3CCCC3)C[C@]23CC[C@H]1O3. The van der Waals surface area contributed by atoms with E-state index in [9.17, 15) is 14.4 Å². The molecule has 2 N–H and O–H groups in total. The third-order valence-electron chi connectivity index (χ3n) is 7.63. The van der Waals surface area contributed by atoms with E-state index in [1.54, 1.807) is 13.8 Å². The average Bonchev–Trinajstić information content (AvgIpc) is 3.39. The monoisotopic (exact) mass is 405 g/mol. The molecule has 4 aliphatic rings. The Bertz CT molecular complexity index is 688. The first kappa shape index (κ1) is 20.6. The lowest BCUT2D eigenvalue weighted by Gasteiger charge is -2.31. The molecule has 0 aromatic carbocycles. The van der Waals surface area contributed by atoms with E-state index in [1.807, 2.05) is 4.90 Å². The third-order valence-corrected chi connectivity index (χ3v) is 7.63. The van der Waals surface area contributed by atoms with E-state index in [4.69, 9.17) is 4.74 Å². The summed E-state index contributed by atoms with van der Waals surface area (Å²) in [6.45, 7) is 6.82. The molecular formula is C22H35N3O4. The van der Waals surface area contributed by atoms with Gasteiger partial charge in [-0.2, -0.15) is 0 Å². The molecule has 0 aromatic heterocycles. The van der Waals surface area contributed by atoms with Crippen LogP contribution in [0.2, 0.25) is 0 Å². The fraction of sp³-hybridized carbons (Fsp3) is 0.864. The number of carbonyl (C=O) groups excluding carboxylic acids is 3. The van der Waals surface area contributed by atoms with Gasteiger partial charge in [0.05, 0.1) is 18.2 Å². The molecule has 4 atom stereocenters. The maximum Gasteiger partial charge on any atom is 0.245 e. The van der Waals surface area contributed by atoms with Gasteiger partial charge in [-0.05, 0) is 45.4 Å². The van der Waals surface area contributed by atoms with Crippen LogP contribution in [0.5, 0.6) is 0 Å². The van der Waals surface area contributed by atoms with Crippen molar-refractivity contribution in [2.75, 3.05) is 19.6 Å². The molecule has 2 bridgehead atoms. The Balaban J connectivity index is 1.36. The minimum absolute atomic E-state index is 0.163. The molecule has 1 spiro atoms. The highest BCUT2D eigenvalue weighted by Crippen LogP contribution is 2.54. The molecule has 3 aliphatic heterocycles. The van der Waals surface area contributed by atoms with Crippen molar-refractivity contribution in [1.29, 1.82) is 0 Å². The van der Waals surface area contributed by atoms with Crippen LogP contribution in [0.15, 0.2) is 0 Å². The zero-order valence-electron chi connectivity index (χ0n) is 18.0. The molecule has 0 radical (unpaired) electrons. The molecular weight excluding hydrogens is 370 g/mol. The zero-order chi connectivity index (χ0) is 20.8. The molecule has 1 saturated carbocycles. The highest BCUT2D eigenvalue weighted by atomic mass is 16.5. The summed E-state index contributed by atoms with van der Waals surface area (Å²) in [5.41, 5.74) is -1.15. The van der Waals surface area contributed by atoms with Crippen molar-refractivity contribution in [3.8, 4) is 0 Å². The lowest BCUT2D eigenvalue weighted by atomic mass is 9.73. The average molecular weight is 406 g/mol. The molecule has 162 valence electrons. The van der Waals surface area contributed by atoms with Gasteiger partial charge in [0.1, 0.15) is 5.54 Å². The summed E-state index contributed by atoms with van der Waals surface area (Å²) < 4.78 is 6.41. The number of hydrogen-bond acceptors (Lipinski definition) is 4. The Morgan fingerprint density at radius 3 is 2.59 bits per heavy atom. The van der Waals surface area contributed by atoms with Gasteiger partial charge in [0.2, 0.25) is 17.7 Å². The van der Waals surface area contributed by atoms with Crippen molar-refractivity contribution in [2.45, 2.75) is 83.0 Å². The summed E-state index contributed by atoms with van der Waals surface area (Å²) >= 11 is 0. The topological polar surface area (TPSA) is 87.7 Å². The van der Waals surface area contributed by atoms with Gasteiger partial charge < -0.3 is 20.3 Å². The normalized spacial score (nSPS) is 33.8. The second kappa shape index (κ2) is 7.56. The van der Waals surface area contributed by atoms with Crippen molar-refractivity contribution in [3.05, 3.63) is 0 Å². The number of nitrogens with zero attached hydrogens (tertiary/aromatic N) is 1. The Hall–Kier alpha value is -1.63. The number of hydrogen-bond donors (Lipinski definition) is 2. The van der Waals surface area contributed by atoms with Gasteiger partial charge in [-0.15, -0.1) is 0 Å². The van der Waals surface area contributed by atoms with E-state index in [1.165, 1.54) is 32.6 Å². The molecule has 7 heteroatoms. The Labute approximate surface area is 173 Å². The molecule has 0 unspecified atom stereocenters. The van der Waals surface area contributed by atoms with Gasteiger partial charge in [0.15, 0.2) is 0 Å². The molecule has 4 fully saturated rings. The number of ether oxygens (including phenoxy) is 1. The van der Waals surface area contributed by atoms with Crippen molar-refractivity contribution in [1.82, 2.24) is 15.5 Å². The first-order chi connectivity index (χ1) is 13.7. The van der Waals surface area contributed by atoms with Crippen LogP contribution in [-0.2, 0) is 19.1 Å². The quantitative estimate of drug-likeness (QED) is 0.703. The van der Waals surface area contributed by atoms with E-state index in [0.29, 0.717) is 25.4 Å². The highest BCUT2D eigenvalue weighted by molar-refractivity contribution is 5.90. The standard InChI is InChI=1S/C22H35N3O4/c1-14(26)24-21(2,3)20(28)23-11-16-17-12-25(13-22(17)9-8-18(16)29-22)19(27)10-15-6-4-5-7-15/h15-18H,4-13H2,1-3H3,(H,23,28)(H,24,26)/t16-,17+,18+,22+/m0/s1. The Kier molecular flexibility index (Phi) is 5.38. The summed E-state index contributed by atoms with van der Waals surface area (Å²) in [4.78, 5) is 38.8. The lowest BCUT2D eigenvalue weighted by molar-refractivity contribution is -0.133. The molecule has 3 amide bonds. The second-order valence-electron chi connectivity index (χ2n) is 10.2. The number of nitrogens with one attached hydrogen (secondary N) is 2. The van der Waals surface area contributed by atoms with Crippen molar-refractivity contribution < 1.29 is 19.1 Å². The number of carbonyl (C=O) groups is 3. The molecule has 29 heavy (non-hydrogen) atoms. The number of likely N-dealkylation sites (tertiary alicyclic amines) is 1. The third kappa shape index (κ3) is 3.90. The van der Waals surface area contributed by atoms with Gasteiger partial charge in [0.25, 0.3) is 0 Å². The van der Waals surface area contributed by atoms with Crippen LogP contribution in [-0.4, -0.2) is 59.5 Å². The van der Waals surface area contributed by atoms with Crippen LogP contribution in [0.4, 0.5) is 0 Å². The van der Waals surface area contributed by atoms with Gasteiger partial charge in [-0.3, -0.25) is 14.4 Å². The van der Waals surface area contributed by atoms with Gasteiger partial charge in [0, 0.05) is 38.3 Å². The smallest absolute Gasteiger partial charge is 0.245 e. The molecule has 1 aliphatic carbocycles. The zero-order valence-corrected chi connectivity index (χ0v) is 18.0. The van der Waals surface area contributed by atoms with Crippen LogP contribution < -0.4 is 10.6 Å². The summed E-state index contributed by atoms with van der Waals surface area (Å²) in [6, 6.07) is 0. The van der Waals surface area contributed by atoms with Crippen LogP contribution in [0.1, 0.15) is 65.7 Å². The molecule has 3 saturated heterocycles. The van der Waals surface area contributed by atoms with Gasteiger partial charge in [-0.25, -0.2) is 0 Å². The molecule has 7 nitrogen and oxygen atoms in total. The largest absolute Gasteiger partial charge is 0.369 e. The fourth-order valence-electron chi connectivity index (χ4n) is 6.17. The summed E-state index contributed by atoms with van der Waals surface area (Å²) in [6.07, 6.45) is 7.73. The van der Waals surface area contributed by atoms with E-state index < -0.39 is 5.54 Å². The minimum Gasteiger partial charge on any atom is -0.369 e. The van der Waals surface area contributed by atoms with Gasteiger partial charge in [-0.1, -0.05) is 12.8 Å². The summed E-state index contributed by atoms with van der Waals surface area (Å²) in [5.74, 6) is 0.949. The van der Waals surface area contributed by atoms with Crippen molar-refractivity contribution in [3.63, 3.8) is 0 Å². The number of rotatable bonds is 6. The second-order valence-corrected chi connectivity index (χ2v) is 10.2. The summed E-state index contributed by atoms with van der Waals surface area (Å²) in [5, 5.41) is 5.72. The van der Waals surface area contributed by atoms with Crippen LogP contribution in [0, 0.1) is 17.8 Å². The van der Waals surface area contributed by atoms with Crippen molar-refractivity contribution >= 4 is 17.7 Å². The van der Waals surface area contributed by atoms with Crippen molar-refractivity contribution in [2.24, 2.45) is 17.8 Å². The lowest BCUT2D eigenvalue weighted by Crippen LogP contribution is -2.55. The number of fused-ring (bicyclic) bond motifs is 1. The van der Waals surface area contributed by atoms with E-state index >= 15 is 0 Å². The van der Waals surface area contributed by atoms with E-state index in [-0.39, 0.29) is 41.3 Å². The molecule has 3 heterocycles. The van der Waals surface area contributed by atoms with Crippen LogP contribution >= 0.6 is 0 Å². The Morgan fingerprint density at radius 2 is 1.90 bits per heavy atom. The Morgan fingerprint density at radius 1 is 1.17 bits per heavy atom. The minimum atomic E-state index is -0.943. The maximum atomic E-state index is 12.9. The molecule has 4 rings (SSSR count). The number of amides is 3. The fourth-order valence-corrected chi connectivity index (χ4v) is 6.17. The first-order valence-corrected chi connectivity index (χ1v) is 11.2. The first-order valence-electron chi connectivity index (χ1n) is 11.2. The predicted octanol–water partition coefficient (Wildman–Crippen LogP) is 1.60. The van der Waals surface area contributed by atoms with Crippen LogP contribution in [0.25, 0.3) is 0 Å². The van der Waals surface area contributed by atoms with Crippen LogP contribution in [0.3, 0.4) is 0 Å². The van der Waals surface area contributed by atoms with E-state index in [0.717, 1.165) is 19.4 Å². The molecule has 0 aromatic rings. The predicted molar refractivity (Wildman–Crippen MR) is 108 cm³/mol. The summed E-state index contributed by atoms with van der Waals surface area (Å²) in [7, 11) is 0. The highest BCUT2D eigenvalue weighted by Gasteiger charge is 2.63.